The molecule has 3 N–H and O–H groups in total. The second-order valence-electron chi connectivity index (χ2n) is 4.05. The highest BCUT2D eigenvalue weighted by Gasteiger charge is 2.10. The normalized spacial score (nSPS) is 10.2. The number of amides is 1. The molecule has 0 atom stereocenters. The lowest BCUT2D eigenvalue weighted by molar-refractivity contribution is 0.0951. The van der Waals surface area contributed by atoms with Crippen LogP contribution in [0.2, 0.25) is 5.02 Å². The maximum Gasteiger partial charge on any atom is 0.253 e. The summed E-state index contributed by atoms with van der Waals surface area (Å²) in [5.74, 6) is -0.818. The number of benzene rings is 2. The molecule has 0 unspecified atom stereocenters. The van der Waals surface area contributed by atoms with E-state index < -0.39 is 5.82 Å². The van der Waals surface area contributed by atoms with Crippen molar-refractivity contribution in [2.75, 3.05) is 5.73 Å². The first-order valence-electron chi connectivity index (χ1n) is 5.64. The van der Waals surface area contributed by atoms with Crippen LogP contribution in [0.25, 0.3) is 0 Å². The van der Waals surface area contributed by atoms with Crippen molar-refractivity contribution in [2.45, 2.75) is 6.54 Å². The molecule has 19 heavy (non-hydrogen) atoms. The lowest BCUT2D eigenvalue weighted by Gasteiger charge is -2.07. The Morgan fingerprint density at radius 2 is 1.89 bits per heavy atom. The molecule has 5 heteroatoms. The van der Waals surface area contributed by atoms with E-state index in [0.717, 1.165) is 11.6 Å². The maximum absolute atomic E-state index is 12.9. The minimum Gasteiger partial charge on any atom is -0.399 e. The molecule has 0 spiro atoms. The number of anilines is 1. The Kier molecular flexibility index (Phi) is 4.02. The average Bonchev–Trinajstić information content (AvgIpc) is 2.37. The van der Waals surface area contributed by atoms with Crippen LogP contribution in [0.5, 0.6) is 0 Å². The number of carbonyl (C=O) groups is 1. The van der Waals surface area contributed by atoms with Crippen molar-refractivity contribution >= 4 is 23.2 Å². The molecule has 0 aromatic heterocycles. The van der Waals surface area contributed by atoms with Gasteiger partial charge in [0.25, 0.3) is 5.91 Å². The van der Waals surface area contributed by atoms with Gasteiger partial charge in [-0.1, -0.05) is 23.7 Å². The summed E-state index contributed by atoms with van der Waals surface area (Å²) in [5, 5.41) is 2.80. The SMILES string of the molecule is Nc1ccc(CNC(=O)c2ccc(F)cc2Cl)cc1. The van der Waals surface area contributed by atoms with Crippen LogP contribution < -0.4 is 11.1 Å². The first-order valence-corrected chi connectivity index (χ1v) is 6.02. The fraction of sp³-hybridized carbons (Fsp3) is 0.0714. The second-order valence-corrected chi connectivity index (χ2v) is 4.46. The molecule has 0 saturated carbocycles. The number of hydrogen-bond acceptors (Lipinski definition) is 2. The molecule has 0 aliphatic carbocycles. The smallest absolute Gasteiger partial charge is 0.253 e. The van der Waals surface area contributed by atoms with Gasteiger partial charge in [0, 0.05) is 12.2 Å². The molecule has 0 saturated heterocycles. The Morgan fingerprint density at radius 3 is 2.53 bits per heavy atom. The number of nitrogen functional groups attached to an aromatic ring is 1. The molecule has 98 valence electrons. The highest BCUT2D eigenvalue weighted by molar-refractivity contribution is 6.33. The third-order valence-electron chi connectivity index (χ3n) is 2.61. The molecule has 0 bridgehead atoms. The summed E-state index contributed by atoms with van der Waals surface area (Å²) < 4.78 is 12.9. The largest absolute Gasteiger partial charge is 0.399 e. The highest BCUT2D eigenvalue weighted by atomic mass is 35.5. The van der Waals surface area contributed by atoms with Crippen molar-refractivity contribution in [3.05, 3.63) is 64.4 Å². The van der Waals surface area contributed by atoms with Gasteiger partial charge in [-0.15, -0.1) is 0 Å². The molecule has 2 aromatic rings. The predicted octanol–water partition coefficient (Wildman–Crippen LogP) is 2.99. The van der Waals surface area contributed by atoms with Gasteiger partial charge in [-0.05, 0) is 35.9 Å². The van der Waals surface area contributed by atoms with E-state index in [9.17, 15) is 9.18 Å². The molecule has 2 rings (SSSR count). The lowest BCUT2D eigenvalue weighted by Crippen LogP contribution is -2.23. The van der Waals surface area contributed by atoms with Crippen molar-refractivity contribution in [3.63, 3.8) is 0 Å². The van der Waals surface area contributed by atoms with Gasteiger partial charge in [0.1, 0.15) is 5.82 Å². The predicted molar refractivity (Wildman–Crippen MR) is 73.4 cm³/mol. The van der Waals surface area contributed by atoms with Crippen LogP contribution in [0, 0.1) is 5.82 Å². The third kappa shape index (κ3) is 3.45. The molecule has 3 nitrogen and oxygen atoms in total. The van der Waals surface area contributed by atoms with Crippen LogP contribution in [0.4, 0.5) is 10.1 Å². The zero-order valence-electron chi connectivity index (χ0n) is 9.99. The van der Waals surface area contributed by atoms with Crippen LogP contribution in [0.15, 0.2) is 42.5 Å². The summed E-state index contributed by atoms with van der Waals surface area (Å²) in [6, 6.07) is 10.8. The van der Waals surface area contributed by atoms with Gasteiger partial charge in [-0.2, -0.15) is 0 Å². The van der Waals surface area contributed by atoms with E-state index in [4.69, 9.17) is 17.3 Å². The molecule has 0 radical (unpaired) electrons. The third-order valence-corrected chi connectivity index (χ3v) is 2.92. The van der Waals surface area contributed by atoms with Crippen molar-refractivity contribution in [1.29, 1.82) is 0 Å². The second kappa shape index (κ2) is 5.71. The zero-order chi connectivity index (χ0) is 13.8. The summed E-state index contributed by atoms with van der Waals surface area (Å²) in [6.07, 6.45) is 0. The van der Waals surface area contributed by atoms with Crippen molar-refractivity contribution in [2.24, 2.45) is 0 Å². The number of nitrogens with one attached hydrogen (secondary N) is 1. The monoisotopic (exact) mass is 278 g/mol. The minimum atomic E-state index is -0.472. The first kappa shape index (κ1) is 13.4. The number of halogens is 2. The molecule has 0 heterocycles. The Bertz CT molecular complexity index is 599. The molecular formula is C14H12ClFN2O. The molecule has 0 aliphatic heterocycles. The summed E-state index contributed by atoms with van der Waals surface area (Å²) in [6.45, 7) is 0.354. The van der Waals surface area contributed by atoms with Gasteiger partial charge in [-0.3, -0.25) is 4.79 Å². The van der Waals surface area contributed by atoms with Gasteiger partial charge < -0.3 is 11.1 Å². The van der Waals surface area contributed by atoms with Crippen LogP contribution >= 0.6 is 11.6 Å². The molecule has 1 amide bonds. The van der Waals surface area contributed by atoms with Gasteiger partial charge in [0.05, 0.1) is 10.6 Å². The van der Waals surface area contributed by atoms with Gasteiger partial charge in [0.15, 0.2) is 0 Å². The molecule has 0 fully saturated rings. The van der Waals surface area contributed by atoms with E-state index in [1.807, 2.05) is 12.1 Å². The van der Waals surface area contributed by atoms with Crippen LogP contribution in [0.1, 0.15) is 15.9 Å². The van der Waals surface area contributed by atoms with E-state index in [0.29, 0.717) is 12.2 Å². The van der Waals surface area contributed by atoms with Crippen LogP contribution in [0.3, 0.4) is 0 Å². The molecule has 2 aromatic carbocycles. The Morgan fingerprint density at radius 1 is 1.21 bits per heavy atom. The Hall–Kier alpha value is -2.07. The fourth-order valence-electron chi connectivity index (χ4n) is 1.59. The number of hydrogen-bond donors (Lipinski definition) is 2. The highest BCUT2D eigenvalue weighted by Crippen LogP contribution is 2.17. The van der Waals surface area contributed by atoms with Gasteiger partial charge in [0.2, 0.25) is 0 Å². The number of nitrogens with two attached hydrogens (primary N) is 1. The van der Waals surface area contributed by atoms with E-state index in [1.54, 1.807) is 12.1 Å². The van der Waals surface area contributed by atoms with Crippen LogP contribution in [-0.2, 0) is 6.54 Å². The van der Waals surface area contributed by atoms with Crippen molar-refractivity contribution in [1.82, 2.24) is 5.32 Å². The fourth-order valence-corrected chi connectivity index (χ4v) is 1.84. The van der Waals surface area contributed by atoms with E-state index in [2.05, 4.69) is 5.32 Å². The van der Waals surface area contributed by atoms with Crippen molar-refractivity contribution in [3.8, 4) is 0 Å². The average molecular weight is 279 g/mol. The maximum atomic E-state index is 12.9. The minimum absolute atomic E-state index is 0.0924. The van der Waals surface area contributed by atoms with Gasteiger partial charge in [-0.25, -0.2) is 4.39 Å². The number of carbonyl (C=O) groups excluding carboxylic acids is 1. The van der Waals surface area contributed by atoms with Crippen LogP contribution in [-0.4, -0.2) is 5.91 Å². The molecule has 0 aliphatic rings. The number of rotatable bonds is 3. The molecular weight excluding hydrogens is 267 g/mol. The Labute approximate surface area is 115 Å². The van der Waals surface area contributed by atoms with E-state index in [1.165, 1.54) is 12.1 Å². The summed E-state index contributed by atoms with van der Waals surface area (Å²) >= 11 is 5.81. The first-order chi connectivity index (χ1) is 9.06. The topological polar surface area (TPSA) is 55.1 Å². The zero-order valence-corrected chi connectivity index (χ0v) is 10.7. The summed E-state index contributed by atoms with van der Waals surface area (Å²) in [5.41, 5.74) is 7.40. The summed E-state index contributed by atoms with van der Waals surface area (Å²) in [7, 11) is 0. The standard InChI is InChI=1S/C14H12ClFN2O/c15-13-7-10(16)3-6-12(13)14(19)18-8-9-1-4-11(17)5-2-9/h1-7H,8,17H2,(H,18,19). The Balaban J connectivity index is 2.03. The van der Waals surface area contributed by atoms with Gasteiger partial charge >= 0.3 is 0 Å². The van der Waals surface area contributed by atoms with Crippen molar-refractivity contribution < 1.29 is 9.18 Å². The van der Waals surface area contributed by atoms with E-state index in [-0.39, 0.29) is 16.5 Å². The summed E-state index contributed by atoms with van der Waals surface area (Å²) in [4.78, 5) is 11.9. The van der Waals surface area contributed by atoms with E-state index >= 15 is 0 Å². The lowest BCUT2D eigenvalue weighted by atomic mass is 10.2. The quantitative estimate of drug-likeness (QED) is 0.848.